The summed E-state index contributed by atoms with van der Waals surface area (Å²) in [6, 6.07) is 5.81. The smallest absolute Gasteiger partial charge is 0.234 e. The maximum absolute atomic E-state index is 6.37. The number of aryl methyl sites for hydroxylation is 2. The van der Waals surface area contributed by atoms with Gasteiger partial charge in [0.25, 0.3) is 0 Å². The normalized spacial score (nSPS) is 11.3. The highest BCUT2D eigenvalue weighted by molar-refractivity contribution is 5.95. The summed E-state index contributed by atoms with van der Waals surface area (Å²) in [5, 5.41) is 12.8. The molecule has 10 heteroatoms. The number of nitrogens with one attached hydrogen (secondary N) is 1. The number of rotatable bonds is 5. The highest BCUT2D eigenvalue weighted by Crippen LogP contribution is 2.38. The van der Waals surface area contributed by atoms with E-state index >= 15 is 0 Å². The molecule has 1 aromatic carbocycles. The van der Waals surface area contributed by atoms with E-state index in [1.54, 1.807) is 17.1 Å². The first-order valence-corrected chi connectivity index (χ1v) is 9.83. The fourth-order valence-corrected chi connectivity index (χ4v) is 3.63. The van der Waals surface area contributed by atoms with Crippen LogP contribution in [0.3, 0.4) is 0 Å². The third kappa shape index (κ3) is 3.18. The molecule has 156 valence electrons. The van der Waals surface area contributed by atoms with E-state index < -0.39 is 0 Å². The number of fused-ring (bicyclic) bond motifs is 2. The molecule has 31 heavy (non-hydrogen) atoms. The average molecular weight is 415 g/mol. The third-order valence-corrected chi connectivity index (χ3v) is 5.17. The molecule has 5 aromatic rings. The van der Waals surface area contributed by atoms with Crippen molar-refractivity contribution in [1.29, 1.82) is 0 Å². The zero-order valence-electron chi connectivity index (χ0n) is 17.4. The van der Waals surface area contributed by atoms with Gasteiger partial charge in [0.2, 0.25) is 5.88 Å². The van der Waals surface area contributed by atoms with E-state index in [-0.39, 0.29) is 0 Å². The highest BCUT2D eigenvalue weighted by atomic mass is 16.5. The molecule has 5 rings (SSSR count). The summed E-state index contributed by atoms with van der Waals surface area (Å²) in [5.41, 5.74) is 9.58. The fraction of sp³-hybridized carbons (Fsp3) is 0.190. The third-order valence-electron chi connectivity index (χ3n) is 5.17. The number of benzene rings is 1. The van der Waals surface area contributed by atoms with Crippen molar-refractivity contribution >= 4 is 39.1 Å². The van der Waals surface area contributed by atoms with Crippen LogP contribution in [0, 0.1) is 6.92 Å². The number of H-pyrrole nitrogens is 1. The molecule has 0 unspecified atom stereocenters. The zero-order valence-corrected chi connectivity index (χ0v) is 17.4. The minimum atomic E-state index is 0.306. The van der Waals surface area contributed by atoms with E-state index in [4.69, 9.17) is 15.5 Å². The molecule has 0 atom stereocenters. The van der Waals surface area contributed by atoms with Crippen molar-refractivity contribution < 1.29 is 4.74 Å². The summed E-state index contributed by atoms with van der Waals surface area (Å²) >= 11 is 0. The average Bonchev–Trinajstić information content (AvgIpc) is 3.40. The lowest BCUT2D eigenvalue weighted by Crippen LogP contribution is -2.17. The number of aromatic amines is 1. The molecule has 0 aliphatic rings. The number of ether oxygens (including phenoxy) is 1. The summed E-state index contributed by atoms with van der Waals surface area (Å²) in [6.45, 7) is 4.70. The van der Waals surface area contributed by atoms with Gasteiger partial charge in [-0.1, -0.05) is 6.07 Å². The van der Waals surface area contributed by atoms with E-state index in [1.807, 2.05) is 50.2 Å². The molecule has 0 aliphatic heterocycles. The summed E-state index contributed by atoms with van der Waals surface area (Å²) in [5.74, 6) is 1.98. The van der Waals surface area contributed by atoms with E-state index in [0.717, 1.165) is 22.2 Å². The Balaban J connectivity index is 1.71. The van der Waals surface area contributed by atoms with E-state index in [0.29, 0.717) is 40.7 Å². The molecule has 3 N–H and O–H groups in total. The molecule has 0 aliphatic carbocycles. The van der Waals surface area contributed by atoms with Crippen LogP contribution in [0.4, 0.5) is 17.3 Å². The molecule has 10 nitrogen and oxygen atoms in total. The van der Waals surface area contributed by atoms with Gasteiger partial charge in [-0.2, -0.15) is 15.2 Å². The second-order valence-electron chi connectivity index (χ2n) is 7.20. The van der Waals surface area contributed by atoms with Crippen molar-refractivity contribution in [2.24, 2.45) is 7.05 Å². The molecule has 0 fully saturated rings. The van der Waals surface area contributed by atoms with Gasteiger partial charge in [-0.25, -0.2) is 9.97 Å². The van der Waals surface area contributed by atoms with Crippen molar-refractivity contribution in [1.82, 2.24) is 34.9 Å². The van der Waals surface area contributed by atoms with Crippen LogP contribution in [-0.4, -0.2) is 41.5 Å². The second kappa shape index (κ2) is 7.24. The van der Waals surface area contributed by atoms with Crippen LogP contribution in [0.5, 0.6) is 11.6 Å². The number of hydrogen-bond donors (Lipinski definition) is 2. The van der Waals surface area contributed by atoms with E-state index in [2.05, 4.69) is 25.3 Å². The van der Waals surface area contributed by atoms with Crippen molar-refractivity contribution in [3.8, 4) is 11.6 Å². The summed E-state index contributed by atoms with van der Waals surface area (Å²) in [6.07, 6.45) is 6.90. The standard InChI is InChI=1S/C21H21N9O/c1-4-30(13-8-26-29(3)10-13)17-7-16-18(20(22)24-11-23-16)21(27-17)31-19-12(2)5-6-15-14(19)9-25-28-15/h5-11H,4H2,1-3H3,(H,25,28)(H2,22,23,24). The minimum Gasteiger partial charge on any atom is -0.437 e. The number of anilines is 3. The summed E-state index contributed by atoms with van der Waals surface area (Å²) < 4.78 is 8.12. The molecule has 0 bridgehead atoms. The van der Waals surface area contributed by atoms with Gasteiger partial charge in [-0.15, -0.1) is 0 Å². The SMILES string of the molecule is CCN(c1cnn(C)c1)c1cc2ncnc(N)c2c(Oc2c(C)ccc3[nH]ncc23)n1. The first-order valence-electron chi connectivity index (χ1n) is 9.83. The van der Waals surface area contributed by atoms with Gasteiger partial charge in [-0.3, -0.25) is 9.78 Å². The van der Waals surface area contributed by atoms with Crippen LogP contribution in [0.15, 0.2) is 43.1 Å². The molecule has 0 saturated heterocycles. The number of nitrogens with two attached hydrogens (primary N) is 1. The minimum absolute atomic E-state index is 0.306. The van der Waals surface area contributed by atoms with Crippen molar-refractivity contribution in [2.75, 3.05) is 17.2 Å². The molecule has 4 aromatic heterocycles. The van der Waals surface area contributed by atoms with Crippen LogP contribution in [0.25, 0.3) is 21.8 Å². The van der Waals surface area contributed by atoms with E-state index in [1.165, 1.54) is 6.33 Å². The maximum atomic E-state index is 6.37. The largest absolute Gasteiger partial charge is 0.437 e. The number of nitrogen functional groups attached to an aromatic ring is 1. The molecule has 0 radical (unpaired) electrons. The quantitative estimate of drug-likeness (QED) is 0.447. The number of aromatic nitrogens is 7. The molecule has 4 heterocycles. The predicted octanol–water partition coefficient (Wildman–Crippen LogP) is 3.48. The highest BCUT2D eigenvalue weighted by Gasteiger charge is 2.19. The van der Waals surface area contributed by atoms with Crippen molar-refractivity contribution in [3.63, 3.8) is 0 Å². The zero-order chi connectivity index (χ0) is 21.5. The Hall–Kier alpha value is -4.21. The van der Waals surface area contributed by atoms with Gasteiger partial charge in [0.1, 0.15) is 29.1 Å². The summed E-state index contributed by atoms with van der Waals surface area (Å²) in [7, 11) is 1.88. The van der Waals surface area contributed by atoms with Gasteiger partial charge < -0.3 is 15.4 Å². The van der Waals surface area contributed by atoms with Gasteiger partial charge in [0, 0.05) is 25.9 Å². The Morgan fingerprint density at radius 3 is 2.87 bits per heavy atom. The van der Waals surface area contributed by atoms with Crippen LogP contribution in [0.1, 0.15) is 12.5 Å². The first kappa shape index (κ1) is 18.8. The van der Waals surface area contributed by atoms with E-state index in [9.17, 15) is 0 Å². The lowest BCUT2D eigenvalue weighted by atomic mass is 10.1. The number of nitrogens with zero attached hydrogens (tertiary/aromatic N) is 7. The fourth-order valence-electron chi connectivity index (χ4n) is 3.63. The van der Waals surface area contributed by atoms with Gasteiger partial charge in [-0.05, 0) is 25.5 Å². The van der Waals surface area contributed by atoms with Gasteiger partial charge >= 0.3 is 0 Å². The lowest BCUT2D eigenvalue weighted by Gasteiger charge is -2.21. The summed E-state index contributed by atoms with van der Waals surface area (Å²) in [4.78, 5) is 15.4. The molecular formula is C21H21N9O. The Morgan fingerprint density at radius 2 is 2.10 bits per heavy atom. The molecular weight excluding hydrogens is 394 g/mol. The lowest BCUT2D eigenvalue weighted by molar-refractivity contribution is 0.471. The van der Waals surface area contributed by atoms with Crippen LogP contribution >= 0.6 is 0 Å². The Labute approximate surface area is 177 Å². The molecule has 0 saturated carbocycles. The number of hydrogen-bond acceptors (Lipinski definition) is 8. The Morgan fingerprint density at radius 1 is 1.23 bits per heavy atom. The molecule has 0 spiro atoms. The van der Waals surface area contributed by atoms with Crippen LogP contribution in [-0.2, 0) is 7.05 Å². The first-order chi connectivity index (χ1) is 15.0. The predicted molar refractivity (Wildman–Crippen MR) is 119 cm³/mol. The Kier molecular flexibility index (Phi) is 4.39. The van der Waals surface area contributed by atoms with Crippen molar-refractivity contribution in [2.45, 2.75) is 13.8 Å². The monoisotopic (exact) mass is 415 g/mol. The molecule has 0 amide bonds. The van der Waals surface area contributed by atoms with Crippen LogP contribution < -0.4 is 15.4 Å². The van der Waals surface area contributed by atoms with Gasteiger partial charge in [0.15, 0.2) is 0 Å². The second-order valence-corrected chi connectivity index (χ2v) is 7.20. The number of pyridine rings is 1. The van der Waals surface area contributed by atoms with Crippen molar-refractivity contribution in [3.05, 3.63) is 48.7 Å². The maximum Gasteiger partial charge on any atom is 0.234 e. The Bertz CT molecular complexity index is 1410. The topological polar surface area (TPSA) is 124 Å². The van der Waals surface area contributed by atoms with Gasteiger partial charge in [0.05, 0.1) is 34.5 Å². The van der Waals surface area contributed by atoms with Crippen LogP contribution in [0.2, 0.25) is 0 Å².